The lowest BCUT2D eigenvalue weighted by Crippen LogP contribution is -2.12. The van der Waals surface area contributed by atoms with Crippen molar-refractivity contribution in [1.82, 2.24) is 0 Å². The molecule has 0 unspecified atom stereocenters. The monoisotopic (exact) mass is 240 g/mol. The van der Waals surface area contributed by atoms with Gasteiger partial charge in [-0.05, 0) is 13.0 Å². The van der Waals surface area contributed by atoms with Crippen LogP contribution >= 0.6 is 0 Å². The Morgan fingerprint density at radius 2 is 2.29 bits per heavy atom. The standard InChI is InChI=1S/C10H12N2O5/c1-2-17-9-5-7(11-6-10(13)14)3-4-8(9)12(15)16/h3-5,11H,2,6H2,1H3,(H,13,14). The summed E-state index contributed by atoms with van der Waals surface area (Å²) in [6.07, 6.45) is 0. The fraction of sp³-hybridized carbons (Fsp3) is 0.300. The molecule has 0 aromatic heterocycles. The molecule has 0 aliphatic carbocycles. The number of nitro benzene ring substituents is 1. The number of anilines is 1. The van der Waals surface area contributed by atoms with Crippen molar-refractivity contribution >= 4 is 17.3 Å². The number of hydrogen-bond acceptors (Lipinski definition) is 5. The number of hydrogen-bond donors (Lipinski definition) is 2. The maximum Gasteiger partial charge on any atom is 0.322 e. The Morgan fingerprint density at radius 3 is 2.82 bits per heavy atom. The third-order valence-electron chi connectivity index (χ3n) is 1.90. The maximum atomic E-state index is 10.7. The van der Waals surface area contributed by atoms with Gasteiger partial charge in [-0.25, -0.2) is 0 Å². The molecule has 17 heavy (non-hydrogen) atoms. The minimum Gasteiger partial charge on any atom is -0.487 e. The summed E-state index contributed by atoms with van der Waals surface area (Å²) in [6.45, 7) is 1.74. The van der Waals surface area contributed by atoms with Crippen LogP contribution in [0.15, 0.2) is 18.2 Å². The molecular weight excluding hydrogens is 228 g/mol. The lowest BCUT2D eigenvalue weighted by Gasteiger charge is -2.07. The number of carbonyl (C=O) groups is 1. The predicted molar refractivity (Wildman–Crippen MR) is 60.4 cm³/mol. The minimum atomic E-state index is -1.01. The zero-order valence-electron chi connectivity index (χ0n) is 9.17. The lowest BCUT2D eigenvalue weighted by atomic mass is 10.2. The van der Waals surface area contributed by atoms with Gasteiger partial charge < -0.3 is 15.2 Å². The first-order chi connectivity index (χ1) is 8.04. The van der Waals surface area contributed by atoms with Crippen molar-refractivity contribution in [3.8, 4) is 5.75 Å². The highest BCUT2D eigenvalue weighted by molar-refractivity contribution is 5.73. The number of carboxylic acid groups (broad SMARTS) is 1. The van der Waals surface area contributed by atoms with Crippen molar-refractivity contribution in [3.05, 3.63) is 28.3 Å². The molecule has 0 bridgehead atoms. The van der Waals surface area contributed by atoms with Gasteiger partial charge in [0.2, 0.25) is 0 Å². The molecule has 0 saturated heterocycles. The molecule has 7 heteroatoms. The molecule has 1 aromatic carbocycles. The molecule has 1 aromatic rings. The van der Waals surface area contributed by atoms with Crippen LogP contribution in [0, 0.1) is 10.1 Å². The Balaban J connectivity index is 2.92. The highest BCUT2D eigenvalue weighted by atomic mass is 16.6. The summed E-state index contributed by atoms with van der Waals surface area (Å²) < 4.78 is 5.12. The Labute approximate surface area is 97.2 Å². The largest absolute Gasteiger partial charge is 0.487 e. The van der Waals surface area contributed by atoms with Crippen LogP contribution in [-0.4, -0.2) is 29.2 Å². The molecule has 1 rings (SSSR count). The van der Waals surface area contributed by atoms with E-state index >= 15 is 0 Å². The molecule has 0 spiro atoms. The highest BCUT2D eigenvalue weighted by Gasteiger charge is 2.15. The number of aliphatic carboxylic acids is 1. The third kappa shape index (κ3) is 3.63. The van der Waals surface area contributed by atoms with E-state index in [1.54, 1.807) is 6.92 Å². The average molecular weight is 240 g/mol. The van der Waals surface area contributed by atoms with E-state index < -0.39 is 10.9 Å². The average Bonchev–Trinajstić information content (AvgIpc) is 2.26. The lowest BCUT2D eigenvalue weighted by molar-refractivity contribution is -0.385. The second kappa shape index (κ2) is 5.69. The molecule has 0 radical (unpaired) electrons. The van der Waals surface area contributed by atoms with Crippen LogP contribution in [0.25, 0.3) is 0 Å². The zero-order chi connectivity index (χ0) is 12.8. The topological polar surface area (TPSA) is 102 Å². The number of carboxylic acids is 1. The van der Waals surface area contributed by atoms with Gasteiger partial charge in [-0.2, -0.15) is 0 Å². The number of benzene rings is 1. The molecular formula is C10H12N2O5. The molecule has 2 N–H and O–H groups in total. The summed E-state index contributed by atoms with van der Waals surface area (Å²) in [6, 6.07) is 4.11. The van der Waals surface area contributed by atoms with Crippen molar-refractivity contribution in [2.24, 2.45) is 0 Å². The number of nitro groups is 1. The fourth-order valence-electron chi connectivity index (χ4n) is 1.22. The van der Waals surface area contributed by atoms with E-state index in [4.69, 9.17) is 9.84 Å². The van der Waals surface area contributed by atoms with Gasteiger partial charge in [0.15, 0.2) is 5.75 Å². The van der Waals surface area contributed by atoms with Crippen LogP contribution in [0.3, 0.4) is 0 Å². The van der Waals surface area contributed by atoms with Crippen LogP contribution in [0.1, 0.15) is 6.92 Å². The van der Waals surface area contributed by atoms with E-state index in [2.05, 4.69) is 5.32 Å². The quantitative estimate of drug-likeness (QED) is 0.577. The van der Waals surface area contributed by atoms with Crippen molar-refractivity contribution < 1.29 is 19.6 Å². The highest BCUT2D eigenvalue weighted by Crippen LogP contribution is 2.29. The van der Waals surface area contributed by atoms with E-state index in [1.165, 1.54) is 18.2 Å². The van der Waals surface area contributed by atoms with Gasteiger partial charge in [0.1, 0.15) is 6.54 Å². The first-order valence-electron chi connectivity index (χ1n) is 4.91. The van der Waals surface area contributed by atoms with Crippen LogP contribution < -0.4 is 10.1 Å². The van der Waals surface area contributed by atoms with E-state index in [0.717, 1.165) is 0 Å². The normalized spacial score (nSPS) is 9.71. The van der Waals surface area contributed by atoms with Gasteiger partial charge in [0.05, 0.1) is 11.5 Å². The number of nitrogens with zero attached hydrogens (tertiary/aromatic N) is 1. The zero-order valence-corrected chi connectivity index (χ0v) is 9.17. The fourth-order valence-corrected chi connectivity index (χ4v) is 1.22. The molecule has 0 atom stereocenters. The van der Waals surface area contributed by atoms with Gasteiger partial charge in [-0.15, -0.1) is 0 Å². The minimum absolute atomic E-state index is 0.118. The molecule has 0 amide bonds. The molecule has 92 valence electrons. The van der Waals surface area contributed by atoms with E-state index in [0.29, 0.717) is 12.3 Å². The summed E-state index contributed by atoms with van der Waals surface area (Å²) in [5.41, 5.74) is 0.314. The van der Waals surface area contributed by atoms with E-state index in [1.807, 2.05) is 0 Å². The van der Waals surface area contributed by atoms with E-state index in [9.17, 15) is 14.9 Å². The third-order valence-corrected chi connectivity index (χ3v) is 1.90. The summed E-state index contributed by atoms with van der Waals surface area (Å²) in [7, 11) is 0. The van der Waals surface area contributed by atoms with Crippen LogP contribution in [0.5, 0.6) is 5.75 Å². The van der Waals surface area contributed by atoms with Crippen molar-refractivity contribution in [2.45, 2.75) is 6.92 Å². The van der Waals surface area contributed by atoms with Crippen molar-refractivity contribution in [1.29, 1.82) is 0 Å². The molecule has 0 aliphatic heterocycles. The number of ether oxygens (including phenoxy) is 1. The Kier molecular flexibility index (Phi) is 4.27. The van der Waals surface area contributed by atoms with Crippen molar-refractivity contribution in [3.63, 3.8) is 0 Å². The van der Waals surface area contributed by atoms with Crippen LogP contribution in [-0.2, 0) is 4.79 Å². The Bertz CT molecular complexity index is 433. The van der Waals surface area contributed by atoms with E-state index in [-0.39, 0.29) is 18.0 Å². The van der Waals surface area contributed by atoms with Crippen molar-refractivity contribution in [2.75, 3.05) is 18.5 Å². The first kappa shape index (κ1) is 12.8. The summed E-state index contributed by atoms with van der Waals surface area (Å²) in [5, 5.41) is 21.8. The first-order valence-corrected chi connectivity index (χ1v) is 4.91. The van der Waals surface area contributed by atoms with Gasteiger partial charge in [-0.1, -0.05) is 0 Å². The predicted octanol–water partition coefficient (Wildman–Crippen LogP) is 1.49. The SMILES string of the molecule is CCOc1cc(NCC(=O)O)ccc1[N+](=O)[O-]. The van der Waals surface area contributed by atoms with Gasteiger partial charge >= 0.3 is 11.7 Å². The number of nitrogens with one attached hydrogen (secondary N) is 1. The summed E-state index contributed by atoms with van der Waals surface area (Å²) in [4.78, 5) is 20.5. The molecule has 7 nitrogen and oxygen atoms in total. The second-order valence-electron chi connectivity index (χ2n) is 3.12. The Morgan fingerprint density at radius 1 is 1.59 bits per heavy atom. The molecule has 0 fully saturated rings. The smallest absolute Gasteiger partial charge is 0.322 e. The molecule has 0 heterocycles. The summed E-state index contributed by atoms with van der Waals surface area (Å²) in [5.74, 6) is -0.894. The van der Waals surface area contributed by atoms with Gasteiger partial charge in [0, 0.05) is 17.8 Å². The second-order valence-corrected chi connectivity index (χ2v) is 3.12. The van der Waals surface area contributed by atoms with Gasteiger partial charge in [-0.3, -0.25) is 14.9 Å². The summed E-state index contributed by atoms with van der Waals surface area (Å²) >= 11 is 0. The Hall–Kier alpha value is -2.31. The van der Waals surface area contributed by atoms with Crippen LogP contribution in [0.4, 0.5) is 11.4 Å². The van der Waals surface area contributed by atoms with Crippen LogP contribution in [0.2, 0.25) is 0 Å². The van der Waals surface area contributed by atoms with Gasteiger partial charge in [0.25, 0.3) is 0 Å². The maximum absolute atomic E-state index is 10.7. The molecule has 0 aliphatic rings. The number of rotatable bonds is 6. The molecule has 0 saturated carbocycles.